The van der Waals surface area contributed by atoms with E-state index in [1.165, 1.54) is 0 Å². The predicted octanol–water partition coefficient (Wildman–Crippen LogP) is 7.71. The minimum Gasteiger partial charge on any atom is -0.459 e. The summed E-state index contributed by atoms with van der Waals surface area (Å²) in [5.74, 6) is -0.993. The molecular formula is C50H78O13Si. The summed E-state index contributed by atoms with van der Waals surface area (Å²) in [5.41, 5.74) is 2.17. The van der Waals surface area contributed by atoms with Crippen molar-refractivity contribution < 1.29 is 61.4 Å². The number of aldehydes is 1. The van der Waals surface area contributed by atoms with Crippen LogP contribution in [0.2, 0.25) is 18.1 Å². The average molecular weight is 915 g/mol. The van der Waals surface area contributed by atoms with Crippen molar-refractivity contribution in [3.8, 4) is 0 Å². The first-order valence-electron chi connectivity index (χ1n) is 24.9. The number of esters is 1. The van der Waals surface area contributed by atoms with Crippen molar-refractivity contribution in [3.05, 3.63) is 24.3 Å². The maximum Gasteiger partial charge on any atom is 0.308 e. The fourth-order valence-electron chi connectivity index (χ4n) is 12.6. The zero-order valence-corrected chi connectivity index (χ0v) is 40.9. The smallest absolute Gasteiger partial charge is 0.308 e. The lowest BCUT2D eigenvalue weighted by Gasteiger charge is -2.53. The highest BCUT2D eigenvalue weighted by Crippen LogP contribution is 2.51. The number of carbonyl (C=O) groups excluding carboxylic acids is 2. The van der Waals surface area contributed by atoms with Crippen molar-refractivity contribution in [2.45, 2.75) is 246 Å². The first-order valence-corrected chi connectivity index (χ1v) is 27.8. The lowest BCUT2D eigenvalue weighted by molar-refractivity contribution is -0.279. The van der Waals surface area contributed by atoms with Gasteiger partial charge < -0.3 is 56.6 Å². The van der Waals surface area contributed by atoms with Gasteiger partial charge in [-0.2, -0.15) is 0 Å². The SMILES string of the molecule is C=C1C[C@@H]2CC[C@]34CC(COC)[C@H](O3)[C@H]3C[C@@H](O4)[C@H]4O[C@H](CC[C@@H]4O3)CC(=O)O[C@@H]3[C@@H](C)[C@@H]4O[C@H](CC=O)[C@H](O[Si](C)(C)C(C)(C)C)C[C@@H]4O[C@H]3C[C@H]3O[C@@H](CC[C@@H]1O2)C[C@@H](C)C3=C. The molecule has 9 saturated heterocycles. The Morgan fingerprint density at radius 1 is 0.750 bits per heavy atom. The molecule has 9 fully saturated rings. The molecule has 13 nitrogen and oxygen atoms in total. The Labute approximate surface area is 382 Å². The Morgan fingerprint density at radius 3 is 2.23 bits per heavy atom. The minimum absolute atomic E-state index is 0.000306. The Balaban J connectivity index is 0.991. The van der Waals surface area contributed by atoms with E-state index >= 15 is 0 Å². The highest BCUT2D eigenvalue weighted by Gasteiger charge is 2.60. The maximum absolute atomic E-state index is 14.3. The van der Waals surface area contributed by atoms with Gasteiger partial charge in [-0.3, -0.25) is 4.79 Å². The molecule has 9 heterocycles. The van der Waals surface area contributed by atoms with Crippen LogP contribution in [0.15, 0.2) is 24.3 Å². The number of carbonyl (C=O) groups is 2. The third kappa shape index (κ3) is 9.56. The fourth-order valence-corrected chi connectivity index (χ4v) is 13.9. The van der Waals surface area contributed by atoms with Gasteiger partial charge in [-0.25, -0.2) is 0 Å². The van der Waals surface area contributed by atoms with Crippen LogP contribution >= 0.6 is 0 Å². The zero-order chi connectivity index (χ0) is 45.3. The fraction of sp³-hybridized carbons (Fsp3) is 0.880. The molecule has 1 unspecified atom stereocenters. The molecule has 0 aromatic rings. The van der Waals surface area contributed by atoms with Gasteiger partial charge in [0, 0.05) is 57.5 Å². The van der Waals surface area contributed by atoms with Crippen LogP contribution in [0.25, 0.3) is 0 Å². The van der Waals surface area contributed by atoms with Crippen molar-refractivity contribution in [1.29, 1.82) is 0 Å². The van der Waals surface area contributed by atoms with Gasteiger partial charge in [0.15, 0.2) is 14.1 Å². The third-order valence-electron chi connectivity index (χ3n) is 17.1. The number of fused-ring (bicyclic) bond motifs is 10. The molecule has 0 aromatic carbocycles. The van der Waals surface area contributed by atoms with Gasteiger partial charge in [-0.05, 0) is 80.1 Å². The second-order valence-electron chi connectivity index (χ2n) is 22.7. The van der Waals surface area contributed by atoms with Crippen LogP contribution in [0, 0.1) is 17.8 Å². The van der Waals surface area contributed by atoms with Crippen molar-refractivity contribution >= 4 is 20.6 Å². The summed E-state index contributed by atoms with van der Waals surface area (Å²) in [7, 11) is -0.486. The van der Waals surface area contributed by atoms with Crippen LogP contribution in [0.4, 0.5) is 0 Å². The molecule has 0 radical (unpaired) electrons. The summed E-state index contributed by atoms with van der Waals surface area (Å²) in [6.07, 6.45) is 5.64. The molecule has 0 aliphatic carbocycles. The van der Waals surface area contributed by atoms with E-state index in [-0.39, 0.29) is 115 Å². The average Bonchev–Trinajstić information content (AvgIpc) is 3.74. The number of hydrogen-bond donors (Lipinski definition) is 0. The van der Waals surface area contributed by atoms with Crippen LogP contribution in [-0.4, -0.2) is 138 Å². The molecule has 9 aliphatic rings. The minimum atomic E-state index is -2.23. The Bertz CT molecular complexity index is 1720. The molecule has 360 valence electrons. The quantitative estimate of drug-likeness (QED) is 0.112. The molecule has 0 saturated carbocycles. The summed E-state index contributed by atoms with van der Waals surface area (Å²) in [4.78, 5) is 26.4. The van der Waals surface area contributed by atoms with Gasteiger partial charge >= 0.3 is 5.97 Å². The van der Waals surface area contributed by atoms with E-state index in [2.05, 4.69) is 60.9 Å². The summed E-state index contributed by atoms with van der Waals surface area (Å²) in [6, 6.07) is 0. The van der Waals surface area contributed by atoms with Gasteiger partial charge in [0.05, 0.1) is 98.5 Å². The van der Waals surface area contributed by atoms with Crippen molar-refractivity contribution in [3.63, 3.8) is 0 Å². The lowest BCUT2D eigenvalue weighted by Crippen LogP contribution is -2.63. The highest BCUT2D eigenvalue weighted by molar-refractivity contribution is 6.74. The van der Waals surface area contributed by atoms with E-state index in [1.54, 1.807) is 7.11 Å². The van der Waals surface area contributed by atoms with Crippen LogP contribution in [0.5, 0.6) is 0 Å². The molecule has 0 N–H and O–H groups in total. The first-order chi connectivity index (χ1) is 30.4. The van der Waals surface area contributed by atoms with E-state index < -0.39 is 38.5 Å². The first kappa shape index (κ1) is 47.5. The molecular weight excluding hydrogens is 837 g/mol. The van der Waals surface area contributed by atoms with Gasteiger partial charge in [-0.1, -0.05) is 47.8 Å². The van der Waals surface area contributed by atoms with E-state index in [0.717, 1.165) is 56.0 Å². The summed E-state index contributed by atoms with van der Waals surface area (Å²) in [5, 5.41) is -0.0273. The third-order valence-corrected chi connectivity index (χ3v) is 21.6. The van der Waals surface area contributed by atoms with E-state index in [1.807, 2.05) is 0 Å². The number of methoxy groups -OCH3 is 1. The predicted molar refractivity (Wildman–Crippen MR) is 239 cm³/mol. The molecule has 64 heavy (non-hydrogen) atoms. The van der Waals surface area contributed by atoms with Crippen LogP contribution in [-0.2, 0) is 61.4 Å². The van der Waals surface area contributed by atoms with E-state index in [0.29, 0.717) is 45.1 Å². The van der Waals surface area contributed by atoms with Crippen molar-refractivity contribution in [2.24, 2.45) is 17.8 Å². The van der Waals surface area contributed by atoms with Gasteiger partial charge in [0.2, 0.25) is 0 Å². The second-order valence-corrected chi connectivity index (χ2v) is 27.4. The van der Waals surface area contributed by atoms with Crippen molar-refractivity contribution in [1.82, 2.24) is 0 Å². The second kappa shape index (κ2) is 18.7. The zero-order valence-electron chi connectivity index (χ0n) is 39.9. The highest BCUT2D eigenvalue weighted by atomic mass is 28.4. The molecule has 10 bridgehead atoms. The number of hydrogen-bond acceptors (Lipinski definition) is 13. The molecule has 14 heteroatoms. The van der Waals surface area contributed by atoms with Crippen LogP contribution in [0.3, 0.4) is 0 Å². The van der Waals surface area contributed by atoms with Crippen molar-refractivity contribution in [2.75, 3.05) is 13.7 Å². The Morgan fingerprint density at radius 2 is 1.47 bits per heavy atom. The molecule has 20 atom stereocenters. The van der Waals surface area contributed by atoms with Gasteiger partial charge in [-0.15, -0.1) is 0 Å². The Kier molecular flexibility index (Phi) is 13.9. The Hall–Kier alpha value is -1.56. The van der Waals surface area contributed by atoms with E-state index in [9.17, 15) is 9.59 Å². The summed E-state index contributed by atoms with van der Waals surface area (Å²) < 4.78 is 74.7. The van der Waals surface area contributed by atoms with Crippen LogP contribution in [0.1, 0.15) is 125 Å². The molecule has 0 amide bonds. The van der Waals surface area contributed by atoms with Gasteiger partial charge in [0.25, 0.3) is 0 Å². The molecule has 9 aliphatic heterocycles. The summed E-state index contributed by atoms with van der Waals surface area (Å²) >= 11 is 0. The topological polar surface area (TPSA) is 136 Å². The largest absolute Gasteiger partial charge is 0.459 e. The number of rotatable bonds is 6. The molecule has 0 aromatic heterocycles. The molecule has 1 spiro atoms. The maximum atomic E-state index is 14.3. The molecule has 9 rings (SSSR count). The normalized spacial score (nSPS) is 47.8. The van der Waals surface area contributed by atoms with Gasteiger partial charge in [0.1, 0.15) is 18.5 Å². The monoisotopic (exact) mass is 915 g/mol. The van der Waals surface area contributed by atoms with Crippen LogP contribution < -0.4 is 0 Å². The number of ether oxygens (including phenoxy) is 10. The lowest BCUT2D eigenvalue weighted by atomic mass is 9.79. The standard InChI is InChI=1S/C50H78O13Si/c1-27-19-32-11-13-35-28(2)20-34(54-35)15-17-50-25-31(26-53-8)47(62-50)42-24-43(61-50)48-37(57-42)14-12-33(56-48)21-44(52)60-46-30(4)45-41(58-40(46)22-38(55-32)29(27)3)23-39(36(59-45)16-18-51)63-64(9,10)49(5,6)7/h18,27,30-43,45-48H,2-3,11-17,19-26H2,1,4-10H3/t27-,30+,31?,32+,33-,34+,35+,36-,37+,38-,39-,40+,41+,42-,43-,45+,46-,47+,48+,50-/m1/s1. The summed E-state index contributed by atoms with van der Waals surface area (Å²) in [6.45, 7) is 25.1. The van der Waals surface area contributed by atoms with E-state index in [4.69, 9.17) is 51.8 Å².